The molecule has 0 atom stereocenters. The predicted molar refractivity (Wildman–Crippen MR) is 118 cm³/mol. The Morgan fingerprint density at radius 3 is 2.66 bits per heavy atom. The zero-order valence-electron chi connectivity index (χ0n) is 17.6. The fraction of sp³-hybridized carbons (Fsp3) is 0.429. The molecule has 2 aromatic heterocycles. The van der Waals surface area contributed by atoms with Crippen LogP contribution in [0.25, 0.3) is 11.0 Å². The number of aromatic nitrogens is 4. The third-order valence-corrected chi connectivity index (χ3v) is 4.77. The normalized spacial score (nSPS) is 12.2. The van der Waals surface area contributed by atoms with Gasteiger partial charge >= 0.3 is 0 Å². The maximum Gasteiger partial charge on any atom is 0.191 e. The molecule has 8 nitrogen and oxygen atoms in total. The quantitative estimate of drug-likeness (QED) is 0.308. The second-order valence-electron chi connectivity index (χ2n) is 7.53. The topological polar surface area (TPSA) is 92.1 Å². The summed E-state index contributed by atoms with van der Waals surface area (Å²) in [5.41, 5.74) is 2.06. The predicted octanol–water partition coefficient (Wildman–Crippen LogP) is 2.31. The number of guanidine groups is 1. The Morgan fingerprint density at radius 2 is 1.90 bits per heavy atom. The van der Waals surface area contributed by atoms with Crippen LogP contribution in [0.2, 0.25) is 0 Å². The lowest BCUT2D eigenvalue weighted by atomic mass is 9.85. The molecular weight excluding hydrogens is 364 g/mol. The molecule has 0 spiro atoms. The standard InChI is InChI=1S/C21H30N8/c1-5-22-20(25-14-21(2,3)16-9-7-6-8-10-16)24-12-11-23-18-17-13-28-29(4)19(17)27-15-26-18/h6-10,13,15H,5,11-12,14H2,1-4H3,(H2,22,24,25)(H,23,26,27). The molecule has 8 heteroatoms. The van der Waals surface area contributed by atoms with Crippen molar-refractivity contribution in [1.29, 1.82) is 0 Å². The number of rotatable bonds is 8. The molecule has 2 heterocycles. The van der Waals surface area contributed by atoms with Gasteiger partial charge in [-0.3, -0.25) is 9.67 Å². The van der Waals surface area contributed by atoms with Crippen molar-refractivity contribution in [3.63, 3.8) is 0 Å². The molecule has 3 aromatic rings. The van der Waals surface area contributed by atoms with Gasteiger partial charge in [0.1, 0.15) is 12.1 Å². The third kappa shape index (κ3) is 5.22. The van der Waals surface area contributed by atoms with E-state index in [1.165, 1.54) is 5.56 Å². The minimum atomic E-state index is -0.0330. The fourth-order valence-electron chi connectivity index (χ4n) is 3.06. The maximum absolute atomic E-state index is 4.79. The summed E-state index contributed by atoms with van der Waals surface area (Å²) in [6.07, 6.45) is 3.33. The Morgan fingerprint density at radius 1 is 1.10 bits per heavy atom. The summed E-state index contributed by atoms with van der Waals surface area (Å²) in [5.74, 6) is 1.60. The van der Waals surface area contributed by atoms with Crippen LogP contribution in [0.1, 0.15) is 26.3 Å². The number of anilines is 1. The van der Waals surface area contributed by atoms with E-state index >= 15 is 0 Å². The van der Waals surface area contributed by atoms with E-state index in [0.717, 1.165) is 29.4 Å². The van der Waals surface area contributed by atoms with Crippen molar-refractivity contribution in [3.8, 4) is 0 Å². The van der Waals surface area contributed by atoms with Crippen molar-refractivity contribution < 1.29 is 0 Å². The number of hydrogen-bond donors (Lipinski definition) is 3. The van der Waals surface area contributed by atoms with Gasteiger partial charge in [0.25, 0.3) is 0 Å². The van der Waals surface area contributed by atoms with Gasteiger partial charge in [0, 0.05) is 32.1 Å². The van der Waals surface area contributed by atoms with Gasteiger partial charge in [0.15, 0.2) is 11.6 Å². The van der Waals surface area contributed by atoms with Gasteiger partial charge in [0.05, 0.1) is 18.1 Å². The molecule has 0 bridgehead atoms. The van der Waals surface area contributed by atoms with Crippen LogP contribution >= 0.6 is 0 Å². The maximum atomic E-state index is 4.79. The largest absolute Gasteiger partial charge is 0.368 e. The molecule has 3 N–H and O–H groups in total. The summed E-state index contributed by atoms with van der Waals surface area (Å²) in [4.78, 5) is 13.4. The van der Waals surface area contributed by atoms with E-state index in [9.17, 15) is 0 Å². The van der Waals surface area contributed by atoms with Crippen LogP contribution in [0, 0.1) is 0 Å². The van der Waals surface area contributed by atoms with Crippen LogP contribution in [-0.4, -0.2) is 51.9 Å². The van der Waals surface area contributed by atoms with E-state index in [4.69, 9.17) is 4.99 Å². The number of aliphatic imine (C=N–C) groups is 1. The van der Waals surface area contributed by atoms with Crippen molar-refractivity contribution in [2.24, 2.45) is 12.0 Å². The SMILES string of the molecule is CCNC(=NCC(C)(C)c1ccccc1)NCCNc1ncnc2c1cnn2C. The average molecular weight is 395 g/mol. The molecule has 154 valence electrons. The van der Waals surface area contributed by atoms with Crippen molar-refractivity contribution in [1.82, 2.24) is 30.4 Å². The highest BCUT2D eigenvalue weighted by atomic mass is 15.3. The molecule has 1 aromatic carbocycles. The number of benzene rings is 1. The summed E-state index contributed by atoms with van der Waals surface area (Å²) in [7, 11) is 1.87. The molecule has 29 heavy (non-hydrogen) atoms. The van der Waals surface area contributed by atoms with Crippen molar-refractivity contribution in [3.05, 3.63) is 48.4 Å². The summed E-state index contributed by atoms with van der Waals surface area (Å²) < 4.78 is 1.74. The van der Waals surface area contributed by atoms with Crippen LogP contribution in [0.5, 0.6) is 0 Å². The first-order valence-electron chi connectivity index (χ1n) is 9.95. The summed E-state index contributed by atoms with van der Waals surface area (Å²) >= 11 is 0. The van der Waals surface area contributed by atoms with Gasteiger partial charge in [-0.05, 0) is 12.5 Å². The molecule has 0 aliphatic carbocycles. The van der Waals surface area contributed by atoms with E-state index in [0.29, 0.717) is 19.6 Å². The first-order valence-corrected chi connectivity index (χ1v) is 9.95. The zero-order valence-corrected chi connectivity index (χ0v) is 17.6. The van der Waals surface area contributed by atoms with Crippen LogP contribution in [0.4, 0.5) is 5.82 Å². The number of nitrogens with one attached hydrogen (secondary N) is 3. The first-order chi connectivity index (χ1) is 14.0. The highest BCUT2D eigenvalue weighted by Gasteiger charge is 2.20. The molecule has 3 rings (SSSR count). The Kier molecular flexibility index (Phi) is 6.64. The molecular formula is C21H30N8. The number of nitrogens with zero attached hydrogens (tertiary/aromatic N) is 5. The summed E-state index contributed by atoms with van der Waals surface area (Å²) in [5, 5.41) is 15.2. The van der Waals surface area contributed by atoms with E-state index < -0.39 is 0 Å². The lowest BCUT2D eigenvalue weighted by Crippen LogP contribution is -2.40. The average Bonchev–Trinajstić information content (AvgIpc) is 3.12. The molecule has 0 aliphatic rings. The van der Waals surface area contributed by atoms with Crippen molar-refractivity contribution in [2.45, 2.75) is 26.2 Å². The monoisotopic (exact) mass is 394 g/mol. The minimum absolute atomic E-state index is 0.0330. The van der Waals surface area contributed by atoms with Crippen LogP contribution < -0.4 is 16.0 Å². The van der Waals surface area contributed by atoms with Gasteiger partial charge in [0.2, 0.25) is 0 Å². The second-order valence-corrected chi connectivity index (χ2v) is 7.53. The lowest BCUT2D eigenvalue weighted by molar-refractivity contribution is 0.537. The van der Waals surface area contributed by atoms with Crippen LogP contribution in [0.3, 0.4) is 0 Å². The third-order valence-electron chi connectivity index (χ3n) is 4.77. The Balaban J connectivity index is 1.56. The Labute approximate surface area is 171 Å². The summed E-state index contributed by atoms with van der Waals surface area (Å²) in [6.45, 7) is 9.42. The van der Waals surface area contributed by atoms with Gasteiger partial charge in [-0.1, -0.05) is 44.2 Å². The van der Waals surface area contributed by atoms with Gasteiger partial charge in [-0.25, -0.2) is 9.97 Å². The Hall–Kier alpha value is -3.16. The zero-order chi connectivity index (χ0) is 20.7. The van der Waals surface area contributed by atoms with Gasteiger partial charge in [-0.2, -0.15) is 5.10 Å². The lowest BCUT2D eigenvalue weighted by Gasteiger charge is -2.24. The second kappa shape index (κ2) is 9.36. The molecule has 0 aliphatic heterocycles. The molecule has 0 amide bonds. The van der Waals surface area contributed by atoms with Crippen LogP contribution in [-0.2, 0) is 12.5 Å². The minimum Gasteiger partial charge on any atom is -0.368 e. The molecule has 0 fully saturated rings. The van der Waals surface area contributed by atoms with E-state index in [2.05, 4.69) is 76.1 Å². The number of fused-ring (bicyclic) bond motifs is 1. The molecule has 0 saturated heterocycles. The highest BCUT2D eigenvalue weighted by molar-refractivity contribution is 5.86. The van der Waals surface area contributed by atoms with Crippen molar-refractivity contribution >= 4 is 22.8 Å². The number of hydrogen-bond acceptors (Lipinski definition) is 5. The Bertz CT molecular complexity index is 946. The van der Waals surface area contributed by atoms with E-state index in [1.807, 2.05) is 13.1 Å². The van der Waals surface area contributed by atoms with Crippen molar-refractivity contribution in [2.75, 3.05) is 31.5 Å². The van der Waals surface area contributed by atoms with E-state index in [1.54, 1.807) is 17.2 Å². The highest BCUT2D eigenvalue weighted by Crippen LogP contribution is 2.23. The first kappa shape index (κ1) is 20.6. The van der Waals surface area contributed by atoms with Crippen LogP contribution in [0.15, 0.2) is 47.8 Å². The smallest absolute Gasteiger partial charge is 0.191 e. The fourth-order valence-corrected chi connectivity index (χ4v) is 3.06. The molecule has 0 saturated carbocycles. The van der Waals surface area contributed by atoms with Gasteiger partial charge in [-0.15, -0.1) is 0 Å². The number of aryl methyl sites for hydroxylation is 1. The molecule has 0 radical (unpaired) electrons. The summed E-state index contributed by atoms with van der Waals surface area (Å²) in [6, 6.07) is 10.5. The molecule has 0 unspecified atom stereocenters. The van der Waals surface area contributed by atoms with E-state index in [-0.39, 0.29) is 5.41 Å². The van der Waals surface area contributed by atoms with Gasteiger partial charge < -0.3 is 16.0 Å².